The maximum Gasteiger partial charge on any atom is 0.212 e. The van der Waals surface area contributed by atoms with Gasteiger partial charge in [0.1, 0.15) is 0 Å². The van der Waals surface area contributed by atoms with Crippen LogP contribution in [0.5, 0.6) is 0 Å². The third-order valence-corrected chi connectivity index (χ3v) is 5.01. The van der Waals surface area contributed by atoms with Gasteiger partial charge in [0.05, 0.1) is 11.9 Å². The number of aliphatic hydroxyl groups is 1. The lowest BCUT2D eigenvalue weighted by atomic mass is 10.1. The number of likely N-dealkylation sites (tertiary alicyclic amines) is 1. The first kappa shape index (κ1) is 14.5. The Morgan fingerprint density at radius 3 is 2.16 bits per heavy atom. The van der Waals surface area contributed by atoms with Gasteiger partial charge in [-0.25, -0.2) is 13.6 Å². The van der Waals surface area contributed by atoms with E-state index < -0.39 is 10.0 Å². The highest BCUT2D eigenvalue weighted by molar-refractivity contribution is 7.89. The lowest BCUT2D eigenvalue weighted by Gasteiger charge is -2.30. The van der Waals surface area contributed by atoms with Crippen LogP contribution in [-0.4, -0.2) is 36.8 Å². The van der Waals surface area contributed by atoms with E-state index in [4.69, 9.17) is 10.2 Å². The highest BCUT2D eigenvalue weighted by Gasteiger charge is 2.26. The maximum absolute atomic E-state index is 11.3. The molecule has 1 aliphatic rings. The molecule has 0 bridgehead atoms. The van der Waals surface area contributed by atoms with Crippen LogP contribution in [0.15, 0.2) is 24.3 Å². The van der Waals surface area contributed by atoms with E-state index in [9.17, 15) is 8.42 Å². The Kier molecular flexibility index (Phi) is 4.57. The Bertz CT molecular complexity index is 505. The van der Waals surface area contributed by atoms with Gasteiger partial charge in [-0.1, -0.05) is 24.3 Å². The number of sulfonamides is 1. The molecule has 3 N–H and O–H groups in total. The van der Waals surface area contributed by atoms with Crippen molar-refractivity contribution >= 4 is 10.0 Å². The fourth-order valence-corrected chi connectivity index (χ4v) is 3.27. The maximum atomic E-state index is 11.3. The molecule has 0 radical (unpaired) electrons. The van der Waals surface area contributed by atoms with Gasteiger partial charge in [0.2, 0.25) is 10.0 Å². The SMILES string of the molecule is NS(=O)(=O)C1CCN(Cc2ccc(CO)cc2)CC1. The number of aliphatic hydroxyl groups excluding tert-OH is 1. The average molecular weight is 284 g/mol. The number of hydrogen-bond donors (Lipinski definition) is 2. The minimum atomic E-state index is -3.39. The predicted molar refractivity (Wildman–Crippen MR) is 73.8 cm³/mol. The zero-order valence-electron chi connectivity index (χ0n) is 10.8. The Morgan fingerprint density at radius 2 is 1.68 bits per heavy atom. The van der Waals surface area contributed by atoms with Crippen molar-refractivity contribution in [1.29, 1.82) is 0 Å². The molecule has 0 saturated carbocycles. The van der Waals surface area contributed by atoms with Crippen molar-refractivity contribution in [3.05, 3.63) is 35.4 Å². The number of piperidine rings is 1. The lowest BCUT2D eigenvalue weighted by Crippen LogP contribution is -2.41. The number of benzene rings is 1. The Balaban J connectivity index is 1.88. The summed E-state index contributed by atoms with van der Waals surface area (Å²) in [7, 11) is -3.39. The number of rotatable bonds is 4. The molecule has 2 rings (SSSR count). The second kappa shape index (κ2) is 6.00. The van der Waals surface area contributed by atoms with Gasteiger partial charge in [0.15, 0.2) is 0 Å². The molecule has 0 amide bonds. The van der Waals surface area contributed by atoms with Gasteiger partial charge >= 0.3 is 0 Å². The summed E-state index contributed by atoms with van der Waals surface area (Å²) in [6.07, 6.45) is 1.21. The average Bonchev–Trinajstić information content (AvgIpc) is 2.39. The van der Waals surface area contributed by atoms with E-state index in [0.29, 0.717) is 12.8 Å². The molecule has 0 unspecified atom stereocenters. The summed E-state index contributed by atoms with van der Waals surface area (Å²) in [6.45, 7) is 2.37. The summed E-state index contributed by atoms with van der Waals surface area (Å²) < 4.78 is 22.5. The van der Waals surface area contributed by atoms with Crippen molar-refractivity contribution in [1.82, 2.24) is 4.90 Å². The number of nitrogens with zero attached hydrogens (tertiary/aromatic N) is 1. The molecule has 0 atom stereocenters. The number of nitrogens with two attached hydrogens (primary N) is 1. The predicted octanol–water partition coefficient (Wildman–Crippen LogP) is 0.432. The van der Waals surface area contributed by atoms with Gasteiger partial charge in [-0.15, -0.1) is 0 Å². The van der Waals surface area contributed by atoms with Crippen molar-refractivity contribution < 1.29 is 13.5 Å². The van der Waals surface area contributed by atoms with E-state index in [1.807, 2.05) is 24.3 Å². The summed E-state index contributed by atoms with van der Waals surface area (Å²) in [6, 6.07) is 7.81. The number of hydrogen-bond acceptors (Lipinski definition) is 4. The second-order valence-corrected chi connectivity index (χ2v) is 6.88. The Morgan fingerprint density at radius 1 is 1.16 bits per heavy atom. The zero-order chi connectivity index (χ0) is 13.9. The second-order valence-electron chi connectivity index (χ2n) is 5.04. The summed E-state index contributed by atoms with van der Waals surface area (Å²) in [5.41, 5.74) is 2.07. The van der Waals surface area contributed by atoms with Crippen LogP contribution in [0.2, 0.25) is 0 Å². The molecule has 106 valence electrons. The van der Waals surface area contributed by atoms with Crippen molar-refractivity contribution in [2.75, 3.05) is 13.1 Å². The fourth-order valence-electron chi connectivity index (χ4n) is 2.40. The molecule has 5 nitrogen and oxygen atoms in total. The van der Waals surface area contributed by atoms with Crippen molar-refractivity contribution in [2.45, 2.75) is 31.2 Å². The van der Waals surface area contributed by atoms with E-state index in [1.165, 1.54) is 5.56 Å². The minimum absolute atomic E-state index is 0.0556. The van der Waals surface area contributed by atoms with Crippen LogP contribution < -0.4 is 5.14 Å². The molecule has 0 aliphatic carbocycles. The molecule has 0 spiro atoms. The third-order valence-electron chi connectivity index (χ3n) is 3.61. The van der Waals surface area contributed by atoms with E-state index in [1.54, 1.807) is 0 Å². The quantitative estimate of drug-likeness (QED) is 0.840. The molecular formula is C13H20N2O3S. The highest BCUT2D eigenvalue weighted by Crippen LogP contribution is 2.18. The fraction of sp³-hybridized carbons (Fsp3) is 0.538. The third kappa shape index (κ3) is 4.01. The summed E-state index contributed by atoms with van der Waals surface area (Å²) in [5, 5.41) is 13.8. The van der Waals surface area contributed by atoms with Gasteiger partial charge < -0.3 is 5.11 Å². The van der Waals surface area contributed by atoms with E-state index in [2.05, 4.69) is 4.90 Å². The van der Waals surface area contributed by atoms with Gasteiger partial charge in [0, 0.05) is 6.54 Å². The van der Waals surface area contributed by atoms with Gasteiger partial charge in [-0.05, 0) is 37.1 Å². The topological polar surface area (TPSA) is 83.6 Å². The highest BCUT2D eigenvalue weighted by atomic mass is 32.2. The summed E-state index contributed by atoms with van der Waals surface area (Å²) in [5.74, 6) is 0. The molecule has 1 aromatic carbocycles. The van der Waals surface area contributed by atoms with Crippen molar-refractivity contribution in [3.8, 4) is 0 Å². The lowest BCUT2D eigenvalue weighted by molar-refractivity contribution is 0.222. The molecule has 1 heterocycles. The first-order chi connectivity index (χ1) is 8.99. The molecule has 1 fully saturated rings. The first-order valence-electron chi connectivity index (χ1n) is 6.41. The first-order valence-corrected chi connectivity index (χ1v) is 8.02. The van der Waals surface area contributed by atoms with Crippen LogP contribution in [0.4, 0.5) is 0 Å². The smallest absolute Gasteiger partial charge is 0.212 e. The molecular weight excluding hydrogens is 264 g/mol. The van der Waals surface area contributed by atoms with Crippen LogP contribution in [0.1, 0.15) is 24.0 Å². The van der Waals surface area contributed by atoms with Gasteiger partial charge in [0.25, 0.3) is 0 Å². The largest absolute Gasteiger partial charge is 0.392 e. The van der Waals surface area contributed by atoms with Crippen molar-refractivity contribution in [3.63, 3.8) is 0 Å². The van der Waals surface area contributed by atoms with Crippen LogP contribution in [0, 0.1) is 0 Å². The molecule has 1 aromatic rings. The normalized spacial score (nSPS) is 18.6. The summed E-state index contributed by atoms with van der Waals surface area (Å²) >= 11 is 0. The number of primary sulfonamides is 1. The summed E-state index contributed by atoms with van der Waals surface area (Å²) in [4.78, 5) is 2.23. The van der Waals surface area contributed by atoms with Gasteiger partial charge in [-0.3, -0.25) is 4.90 Å². The van der Waals surface area contributed by atoms with E-state index >= 15 is 0 Å². The van der Waals surface area contributed by atoms with Gasteiger partial charge in [-0.2, -0.15) is 0 Å². The van der Waals surface area contributed by atoms with E-state index in [0.717, 1.165) is 25.2 Å². The Labute approximate surface area is 114 Å². The molecule has 19 heavy (non-hydrogen) atoms. The van der Waals surface area contributed by atoms with E-state index in [-0.39, 0.29) is 11.9 Å². The molecule has 0 aromatic heterocycles. The Hall–Kier alpha value is -0.950. The molecule has 1 aliphatic heterocycles. The van der Waals surface area contributed by atoms with Crippen molar-refractivity contribution in [2.24, 2.45) is 5.14 Å². The standard InChI is InChI=1S/C13H20N2O3S/c14-19(17,18)13-5-7-15(8-6-13)9-11-1-3-12(10-16)4-2-11/h1-4,13,16H,5-10H2,(H2,14,17,18). The van der Waals surface area contributed by atoms with Crippen LogP contribution in [-0.2, 0) is 23.2 Å². The van der Waals surface area contributed by atoms with Crippen LogP contribution in [0.3, 0.4) is 0 Å². The monoisotopic (exact) mass is 284 g/mol. The minimum Gasteiger partial charge on any atom is -0.392 e. The zero-order valence-corrected chi connectivity index (χ0v) is 11.6. The van der Waals surface area contributed by atoms with Crippen LogP contribution >= 0.6 is 0 Å². The molecule has 6 heteroatoms. The van der Waals surface area contributed by atoms with Crippen LogP contribution in [0.25, 0.3) is 0 Å². The molecule has 1 saturated heterocycles.